The summed E-state index contributed by atoms with van der Waals surface area (Å²) in [7, 11) is 0. The Labute approximate surface area is 153 Å². The predicted molar refractivity (Wildman–Crippen MR) is 96.4 cm³/mol. The van der Waals surface area contributed by atoms with E-state index in [9.17, 15) is 19.2 Å². The summed E-state index contributed by atoms with van der Waals surface area (Å²) < 4.78 is 5.12. The number of imide groups is 1. The van der Waals surface area contributed by atoms with Crippen LogP contribution in [0.15, 0.2) is 4.79 Å². The number of nitrogens with one attached hydrogen (secondary N) is 3. The average molecular weight is 380 g/mol. The van der Waals surface area contributed by atoms with Gasteiger partial charge in [0.1, 0.15) is 15.5 Å². The molecule has 9 nitrogen and oxygen atoms in total. The summed E-state index contributed by atoms with van der Waals surface area (Å²) in [6, 6.07) is -0.812. The summed E-state index contributed by atoms with van der Waals surface area (Å²) >= 11 is 1.02. The second-order valence-corrected chi connectivity index (χ2v) is 7.05. The summed E-state index contributed by atoms with van der Waals surface area (Å²) in [6.07, 6.45) is -1.18. The molecule has 2 heterocycles. The summed E-state index contributed by atoms with van der Waals surface area (Å²) in [5.74, 6) is -1.07. The van der Waals surface area contributed by atoms with Crippen LogP contribution in [0.25, 0.3) is 10.2 Å². The van der Waals surface area contributed by atoms with Gasteiger partial charge in [-0.05, 0) is 40.2 Å². The minimum atomic E-state index is -1.18. The van der Waals surface area contributed by atoms with Crippen LogP contribution >= 0.6 is 11.3 Å². The first kappa shape index (κ1) is 19.6. The lowest BCUT2D eigenvalue weighted by atomic mass is 10.2. The fourth-order valence-corrected chi connectivity index (χ4v) is 3.34. The maximum Gasteiger partial charge on any atom is 0.349 e. The Morgan fingerprint density at radius 3 is 2.46 bits per heavy atom. The fourth-order valence-electron chi connectivity index (χ4n) is 2.23. The number of carbonyl (C=O) groups excluding carboxylic acids is 3. The Balaban J connectivity index is 2.15. The molecule has 0 saturated carbocycles. The third-order valence-electron chi connectivity index (χ3n) is 3.41. The van der Waals surface area contributed by atoms with Gasteiger partial charge in [0.15, 0.2) is 6.10 Å². The SMILES string of the molecule is Cc1nc2sc(C(=O)O[C@H](C)C(=O)NC(=O)NC(C)C)c(C)c2c(=O)[nH]1. The van der Waals surface area contributed by atoms with Crippen molar-refractivity contribution in [2.45, 2.75) is 46.8 Å². The predicted octanol–water partition coefficient (Wildman–Crippen LogP) is 1.38. The molecule has 0 radical (unpaired) electrons. The van der Waals surface area contributed by atoms with Crippen molar-refractivity contribution in [2.24, 2.45) is 0 Å². The van der Waals surface area contributed by atoms with Crippen LogP contribution in [0.2, 0.25) is 0 Å². The number of rotatable bonds is 4. The molecule has 0 aliphatic carbocycles. The van der Waals surface area contributed by atoms with Crippen LogP contribution < -0.4 is 16.2 Å². The lowest BCUT2D eigenvalue weighted by Crippen LogP contribution is -2.46. The van der Waals surface area contributed by atoms with Crippen molar-refractivity contribution >= 4 is 39.5 Å². The molecule has 0 saturated heterocycles. The molecule has 26 heavy (non-hydrogen) atoms. The van der Waals surface area contributed by atoms with E-state index in [1.807, 2.05) is 0 Å². The largest absolute Gasteiger partial charge is 0.448 e. The summed E-state index contributed by atoms with van der Waals surface area (Å²) in [6.45, 7) is 8.10. The standard InChI is InChI=1S/C16H20N4O5S/c1-6(2)17-16(24)20-12(21)8(4)25-15(23)11-7(3)10-13(22)18-9(5)19-14(10)26-11/h6,8H,1-5H3,(H,18,19,22)(H2,17,20,21,24)/t8-/m1/s1. The minimum absolute atomic E-state index is 0.143. The molecule has 0 fully saturated rings. The van der Waals surface area contributed by atoms with E-state index in [1.165, 1.54) is 6.92 Å². The quantitative estimate of drug-likeness (QED) is 0.687. The van der Waals surface area contributed by atoms with Gasteiger partial charge < -0.3 is 15.0 Å². The number of carbonyl (C=O) groups is 3. The smallest absolute Gasteiger partial charge is 0.349 e. The number of aryl methyl sites for hydroxylation is 2. The number of aromatic nitrogens is 2. The van der Waals surface area contributed by atoms with Gasteiger partial charge in [0, 0.05) is 6.04 Å². The lowest BCUT2D eigenvalue weighted by Gasteiger charge is -2.14. The molecule has 0 bridgehead atoms. The number of hydrogen-bond donors (Lipinski definition) is 3. The average Bonchev–Trinajstić information content (AvgIpc) is 2.82. The van der Waals surface area contributed by atoms with Crippen LogP contribution in [0.4, 0.5) is 4.79 Å². The first-order valence-electron chi connectivity index (χ1n) is 7.92. The highest BCUT2D eigenvalue weighted by Crippen LogP contribution is 2.27. The highest BCUT2D eigenvalue weighted by atomic mass is 32.1. The fraction of sp³-hybridized carbons (Fsp3) is 0.438. The van der Waals surface area contributed by atoms with Gasteiger partial charge in [0.2, 0.25) is 0 Å². The van der Waals surface area contributed by atoms with Crippen molar-refractivity contribution in [2.75, 3.05) is 0 Å². The Bertz CT molecular complexity index is 931. The second-order valence-electron chi connectivity index (χ2n) is 6.05. The zero-order valence-corrected chi connectivity index (χ0v) is 15.9. The molecule has 0 unspecified atom stereocenters. The number of esters is 1. The first-order chi connectivity index (χ1) is 12.1. The zero-order chi connectivity index (χ0) is 19.6. The third-order valence-corrected chi connectivity index (χ3v) is 4.58. The van der Waals surface area contributed by atoms with E-state index < -0.39 is 24.0 Å². The van der Waals surface area contributed by atoms with Gasteiger partial charge in [0.25, 0.3) is 11.5 Å². The molecule has 0 aromatic carbocycles. The Kier molecular flexibility index (Phi) is 5.76. The van der Waals surface area contributed by atoms with Crippen molar-refractivity contribution in [3.05, 3.63) is 26.6 Å². The van der Waals surface area contributed by atoms with E-state index in [-0.39, 0.29) is 16.5 Å². The van der Waals surface area contributed by atoms with Gasteiger partial charge in [0.05, 0.1) is 5.39 Å². The summed E-state index contributed by atoms with van der Waals surface area (Å²) in [5, 5.41) is 4.91. The molecule has 140 valence electrons. The molecule has 3 amide bonds. The maximum absolute atomic E-state index is 12.4. The molecule has 3 N–H and O–H groups in total. The van der Waals surface area contributed by atoms with Gasteiger partial charge in [-0.2, -0.15) is 0 Å². The number of H-pyrrole nitrogens is 1. The topological polar surface area (TPSA) is 130 Å². The van der Waals surface area contributed by atoms with Crippen LogP contribution in [-0.4, -0.2) is 40.0 Å². The first-order valence-corrected chi connectivity index (χ1v) is 8.74. The molecular weight excluding hydrogens is 360 g/mol. The number of ether oxygens (including phenoxy) is 1. The summed E-state index contributed by atoms with van der Waals surface area (Å²) in [4.78, 5) is 55.3. The minimum Gasteiger partial charge on any atom is -0.448 e. The van der Waals surface area contributed by atoms with Crippen molar-refractivity contribution < 1.29 is 19.1 Å². The molecule has 0 spiro atoms. The van der Waals surface area contributed by atoms with Gasteiger partial charge in [-0.25, -0.2) is 14.6 Å². The number of aromatic amines is 1. The highest BCUT2D eigenvalue weighted by molar-refractivity contribution is 7.20. The van der Waals surface area contributed by atoms with Gasteiger partial charge in [-0.3, -0.25) is 14.9 Å². The number of urea groups is 1. The monoisotopic (exact) mass is 380 g/mol. The highest BCUT2D eigenvalue weighted by Gasteiger charge is 2.25. The Morgan fingerprint density at radius 2 is 1.85 bits per heavy atom. The molecule has 2 aromatic heterocycles. The van der Waals surface area contributed by atoms with Crippen molar-refractivity contribution in [1.82, 2.24) is 20.6 Å². The van der Waals surface area contributed by atoms with Crippen LogP contribution in [0.5, 0.6) is 0 Å². The van der Waals surface area contributed by atoms with Crippen LogP contribution in [-0.2, 0) is 9.53 Å². The van der Waals surface area contributed by atoms with E-state index in [0.717, 1.165) is 11.3 Å². The van der Waals surface area contributed by atoms with Crippen molar-refractivity contribution in [1.29, 1.82) is 0 Å². The van der Waals surface area contributed by atoms with E-state index in [4.69, 9.17) is 4.74 Å². The number of hydrogen-bond acceptors (Lipinski definition) is 7. The zero-order valence-electron chi connectivity index (χ0n) is 15.1. The Hall–Kier alpha value is -2.75. The number of nitrogens with zero attached hydrogens (tertiary/aromatic N) is 1. The molecular formula is C16H20N4O5S. The van der Waals surface area contributed by atoms with Crippen LogP contribution in [0, 0.1) is 13.8 Å². The van der Waals surface area contributed by atoms with Crippen LogP contribution in [0.3, 0.4) is 0 Å². The van der Waals surface area contributed by atoms with E-state index in [2.05, 4.69) is 20.6 Å². The van der Waals surface area contributed by atoms with Gasteiger partial charge in [-0.1, -0.05) is 0 Å². The van der Waals surface area contributed by atoms with Gasteiger partial charge >= 0.3 is 12.0 Å². The normalized spacial score (nSPS) is 12.1. The molecule has 0 aliphatic rings. The molecule has 0 aliphatic heterocycles. The third kappa shape index (κ3) is 4.26. The molecule has 1 atom stereocenters. The van der Waals surface area contributed by atoms with Crippen molar-refractivity contribution in [3.8, 4) is 0 Å². The van der Waals surface area contributed by atoms with E-state index >= 15 is 0 Å². The number of fused-ring (bicyclic) bond motifs is 1. The van der Waals surface area contributed by atoms with E-state index in [0.29, 0.717) is 21.6 Å². The summed E-state index contributed by atoms with van der Waals surface area (Å²) in [5.41, 5.74) is 0.102. The van der Waals surface area contributed by atoms with Gasteiger partial charge in [-0.15, -0.1) is 11.3 Å². The van der Waals surface area contributed by atoms with E-state index in [1.54, 1.807) is 27.7 Å². The number of amides is 3. The number of thiophene rings is 1. The Morgan fingerprint density at radius 1 is 1.19 bits per heavy atom. The molecule has 2 aromatic rings. The molecule has 2 rings (SSSR count). The van der Waals surface area contributed by atoms with Crippen LogP contribution in [0.1, 0.15) is 41.8 Å². The van der Waals surface area contributed by atoms with Crippen molar-refractivity contribution in [3.63, 3.8) is 0 Å². The molecule has 10 heteroatoms. The second kappa shape index (κ2) is 7.65. The maximum atomic E-state index is 12.4. The lowest BCUT2D eigenvalue weighted by molar-refractivity contribution is -0.127.